The number of esters is 1. The molecule has 0 amide bonds. The molecule has 3 aromatic carbocycles. The van der Waals surface area contributed by atoms with Gasteiger partial charge in [-0.3, -0.25) is 4.79 Å². The molecule has 0 radical (unpaired) electrons. The molecule has 10 heteroatoms. The molecule has 0 heterocycles. The minimum absolute atomic E-state index is 0.0146. The SMILES string of the molecule is O=C(OC12CC3CC(CC(C3)C1)C2)C(CS(=O)(=O)[O-])C(F)(F)F.c1ccc([S+](c2ccccc2)c2ccccc2)cc1. The van der Waals surface area contributed by atoms with Crippen molar-refractivity contribution in [1.82, 2.24) is 0 Å². The lowest BCUT2D eigenvalue weighted by Crippen LogP contribution is -2.54. The first-order valence-electron chi connectivity index (χ1n) is 14.0. The molecule has 4 aliphatic rings. The van der Waals surface area contributed by atoms with E-state index in [0.29, 0.717) is 37.0 Å². The van der Waals surface area contributed by atoms with E-state index in [1.54, 1.807) is 0 Å². The quantitative estimate of drug-likeness (QED) is 0.162. The van der Waals surface area contributed by atoms with Gasteiger partial charge in [0.2, 0.25) is 0 Å². The maximum absolute atomic E-state index is 13.0. The summed E-state index contributed by atoms with van der Waals surface area (Å²) >= 11 is 0. The molecule has 0 saturated heterocycles. The second-order valence-corrected chi connectivity index (χ2v) is 15.1. The zero-order valence-corrected chi connectivity index (χ0v) is 24.5. The smallest absolute Gasteiger partial charge is 0.403 e. The van der Waals surface area contributed by atoms with E-state index in [2.05, 4.69) is 91.0 Å². The molecule has 0 aromatic heterocycles. The van der Waals surface area contributed by atoms with Gasteiger partial charge in [0.05, 0.1) is 26.8 Å². The second kappa shape index (κ2) is 12.4. The topological polar surface area (TPSA) is 83.5 Å². The van der Waals surface area contributed by atoms with Gasteiger partial charge in [-0.2, -0.15) is 13.2 Å². The summed E-state index contributed by atoms with van der Waals surface area (Å²) in [6, 6.07) is 32.2. The molecule has 42 heavy (non-hydrogen) atoms. The van der Waals surface area contributed by atoms with Gasteiger partial charge in [0.1, 0.15) is 5.60 Å². The largest absolute Gasteiger partial charge is 0.748 e. The van der Waals surface area contributed by atoms with Crippen molar-refractivity contribution in [2.24, 2.45) is 23.7 Å². The molecule has 7 rings (SSSR count). The van der Waals surface area contributed by atoms with Crippen LogP contribution in [0.15, 0.2) is 106 Å². The monoisotopic (exact) mass is 618 g/mol. The molecule has 5 nitrogen and oxygen atoms in total. The molecule has 0 spiro atoms. The maximum atomic E-state index is 13.0. The molecule has 4 fully saturated rings. The lowest BCUT2D eigenvalue weighted by atomic mass is 9.54. The summed E-state index contributed by atoms with van der Waals surface area (Å²) in [5, 5.41) is 0. The Morgan fingerprint density at radius 1 is 0.786 bits per heavy atom. The van der Waals surface area contributed by atoms with Crippen molar-refractivity contribution >= 4 is 27.0 Å². The fourth-order valence-electron chi connectivity index (χ4n) is 7.02. The maximum Gasteiger partial charge on any atom is 0.403 e. The first kappa shape index (κ1) is 30.6. The number of rotatable bonds is 7. The van der Waals surface area contributed by atoms with E-state index < -0.39 is 39.5 Å². The van der Waals surface area contributed by atoms with E-state index >= 15 is 0 Å². The van der Waals surface area contributed by atoms with Crippen molar-refractivity contribution < 1.29 is 35.7 Å². The van der Waals surface area contributed by atoms with Gasteiger partial charge in [-0.05, 0) is 92.7 Å². The normalized spacial score (nSPS) is 25.4. The fourth-order valence-corrected chi connectivity index (χ4v) is 9.86. The third-order valence-electron chi connectivity index (χ3n) is 8.29. The molecule has 0 aliphatic heterocycles. The Bertz CT molecular complexity index is 1320. The molecule has 4 aliphatic carbocycles. The van der Waals surface area contributed by atoms with E-state index in [0.717, 1.165) is 19.3 Å². The Morgan fingerprint density at radius 3 is 1.45 bits per heavy atom. The van der Waals surface area contributed by atoms with Gasteiger partial charge in [-0.15, -0.1) is 0 Å². The Kier molecular flexibility index (Phi) is 9.06. The van der Waals surface area contributed by atoms with Gasteiger partial charge in [-0.1, -0.05) is 54.6 Å². The Morgan fingerprint density at radius 2 is 1.14 bits per heavy atom. The number of ether oxygens (including phenoxy) is 1. The van der Waals surface area contributed by atoms with Gasteiger partial charge >= 0.3 is 12.1 Å². The standard InChI is InChI=1S/C18H15S.C14H19F3O5S/c1-4-10-16(11-5-1)19(17-12-6-2-7-13-17)18-14-8-3-9-15-18;15-14(16,17)11(7-23(19,20)21)12(18)22-13-4-8-1-9(5-13)3-10(2-8)6-13/h1-15H;8-11H,1-7H2,(H,19,20,21)/q+1;/p-1. The predicted octanol–water partition coefficient (Wildman–Crippen LogP) is 7.00. The highest BCUT2D eigenvalue weighted by atomic mass is 32.2. The lowest BCUT2D eigenvalue weighted by Gasteiger charge is -2.55. The third kappa shape index (κ3) is 7.57. The van der Waals surface area contributed by atoms with Gasteiger partial charge in [0, 0.05) is 0 Å². The van der Waals surface area contributed by atoms with Crippen LogP contribution in [-0.4, -0.2) is 36.5 Å². The molecule has 3 aromatic rings. The van der Waals surface area contributed by atoms with Crippen molar-refractivity contribution in [3.63, 3.8) is 0 Å². The molecule has 0 N–H and O–H groups in total. The van der Waals surface area contributed by atoms with E-state index in [9.17, 15) is 30.9 Å². The van der Waals surface area contributed by atoms with Crippen LogP contribution in [0.4, 0.5) is 13.2 Å². The van der Waals surface area contributed by atoms with Gasteiger partial charge in [0.15, 0.2) is 20.6 Å². The summed E-state index contributed by atoms with van der Waals surface area (Å²) in [7, 11) is -5.20. The van der Waals surface area contributed by atoms with Crippen molar-refractivity contribution in [2.45, 2.75) is 65.0 Å². The molecule has 1 atom stereocenters. The van der Waals surface area contributed by atoms with E-state index in [1.165, 1.54) is 14.7 Å². The predicted molar refractivity (Wildman–Crippen MR) is 153 cm³/mol. The highest BCUT2D eigenvalue weighted by Gasteiger charge is 2.55. The van der Waals surface area contributed by atoms with Gasteiger partial charge in [0.25, 0.3) is 0 Å². The summed E-state index contributed by atoms with van der Waals surface area (Å²) in [5.41, 5.74) is -0.901. The molecule has 4 bridgehead atoms. The van der Waals surface area contributed by atoms with Crippen LogP contribution in [-0.2, 0) is 30.5 Å². The second-order valence-electron chi connectivity index (χ2n) is 11.6. The molecular formula is C32H33F3O5S2. The summed E-state index contributed by atoms with van der Waals surface area (Å²) in [4.78, 5) is 16.1. The van der Waals surface area contributed by atoms with Crippen LogP contribution < -0.4 is 0 Å². The summed E-state index contributed by atoms with van der Waals surface area (Å²) < 4.78 is 76.2. The van der Waals surface area contributed by atoms with Crippen LogP contribution in [0, 0.1) is 23.7 Å². The van der Waals surface area contributed by atoms with Crippen LogP contribution in [0.25, 0.3) is 0 Å². The number of alkyl halides is 3. The van der Waals surface area contributed by atoms with E-state index in [4.69, 9.17) is 4.74 Å². The van der Waals surface area contributed by atoms with Crippen LogP contribution in [0.3, 0.4) is 0 Å². The van der Waals surface area contributed by atoms with Gasteiger partial charge in [-0.25, -0.2) is 8.42 Å². The minimum atomic E-state index is -5.19. The first-order valence-corrected chi connectivity index (χ1v) is 16.8. The summed E-state index contributed by atoms with van der Waals surface area (Å²) in [5.74, 6) is -5.25. The van der Waals surface area contributed by atoms with Crippen LogP contribution >= 0.6 is 0 Å². The van der Waals surface area contributed by atoms with Crippen molar-refractivity contribution in [3.05, 3.63) is 91.0 Å². The van der Waals surface area contributed by atoms with Crippen molar-refractivity contribution in [3.8, 4) is 0 Å². The van der Waals surface area contributed by atoms with Crippen molar-refractivity contribution in [2.75, 3.05) is 5.75 Å². The van der Waals surface area contributed by atoms with Crippen LogP contribution in [0.5, 0.6) is 0 Å². The zero-order chi connectivity index (χ0) is 30.0. The van der Waals surface area contributed by atoms with Crippen LogP contribution in [0.2, 0.25) is 0 Å². The number of halogens is 3. The number of hydrogen-bond donors (Lipinski definition) is 0. The summed E-state index contributed by atoms with van der Waals surface area (Å²) in [6.45, 7) is 0. The summed E-state index contributed by atoms with van der Waals surface area (Å²) in [6.07, 6.45) is -0.424. The molecule has 4 saturated carbocycles. The number of benzene rings is 3. The first-order chi connectivity index (χ1) is 19.9. The Balaban J connectivity index is 0.000000171. The minimum Gasteiger partial charge on any atom is -0.748 e. The molecule has 224 valence electrons. The van der Waals surface area contributed by atoms with Crippen molar-refractivity contribution in [1.29, 1.82) is 0 Å². The van der Waals surface area contributed by atoms with E-state index in [1.807, 2.05) is 0 Å². The van der Waals surface area contributed by atoms with E-state index in [-0.39, 0.29) is 10.9 Å². The molecular weight excluding hydrogens is 585 g/mol. The lowest BCUT2D eigenvalue weighted by molar-refractivity contribution is -0.217. The molecule has 1 unspecified atom stereocenters. The zero-order valence-electron chi connectivity index (χ0n) is 22.9. The fraction of sp³-hybridized carbons (Fsp3) is 0.406. The third-order valence-corrected chi connectivity index (χ3v) is 11.3. The highest BCUT2D eigenvalue weighted by molar-refractivity contribution is 7.97. The number of carbonyl (C=O) groups is 1. The number of carbonyl (C=O) groups excluding carboxylic acids is 1. The average Bonchev–Trinajstić information content (AvgIpc) is 2.92. The van der Waals surface area contributed by atoms with Crippen LogP contribution in [0.1, 0.15) is 38.5 Å². The Labute approximate surface area is 247 Å². The highest BCUT2D eigenvalue weighted by Crippen LogP contribution is 2.57. The van der Waals surface area contributed by atoms with Gasteiger partial charge < -0.3 is 9.29 Å². The average molecular weight is 619 g/mol. The number of hydrogen-bond acceptors (Lipinski definition) is 5. The Hall–Kier alpha value is -2.82.